The molecule has 16 heavy (non-hydrogen) atoms. The van der Waals surface area contributed by atoms with Crippen molar-refractivity contribution in [3.8, 4) is 0 Å². The fourth-order valence-corrected chi connectivity index (χ4v) is 2.94. The van der Waals surface area contributed by atoms with Crippen molar-refractivity contribution in [2.24, 2.45) is 0 Å². The molecule has 84 valence electrons. The number of hydrogen-bond acceptors (Lipinski definition) is 3. The van der Waals surface area contributed by atoms with Crippen molar-refractivity contribution in [2.45, 2.75) is 12.5 Å². The third-order valence-corrected chi connectivity index (χ3v) is 4.21. The van der Waals surface area contributed by atoms with Crippen LogP contribution < -0.4 is 0 Å². The third kappa shape index (κ3) is 2.91. The predicted octanol–water partition coefficient (Wildman–Crippen LogP) is 3.94. The van der Waals surface area contributed by atoms with E-state index in [1.54, 1.807) is 23.0 Å². The summed E-state index contributed by atoms with van der Waals surface area (Å²) in [6, 6.07) is 5.79. The smallest absolute Gasteiger partial charge is 0.0850 e. The molecule has 1 N–H and O–H groups in total. The minimum Gasteiger partial charge on any atom is -0.388 e. The zero-order chi connectivity index (χ0) is 11.5. The van der Waals surface area contributed by atoms with Gasteiger partial charge in [-0.25, -0.2) is 0 Å². The van der Waals surface area contributed by atoms with E-state index in [1.807, 2.05) is 18.2 Å². The van der Waals surface area contributed by atoms with Gasteiger partial charge in [-0.3, -0.25) is 4.98 Å². The van der Waals surface area contributed by atoms with Gasteiger partial charge < -0.3 is 5.11 Å². The van der Waals surface area contributed by atoms with Crippen LogP contribution in [0.3, 0.4) is 0 Å². The molecule has 0 aliphatic heterocycles. The van der Waals surface area contributed by atoms with E-state index >= 15 is 0 Å². The highest BCUT2D eigenvalue weighted by molar-refractivity contribution is 9.11. The van der Waals surface area contributed by atoms with Gasteiger partial charge in [0.1, 0.15) is 0 Å². The molecule has 0 bridgehead atoms. The van der Waals surface area contributed by atoms with E-state index in [0.29, 0.717) is 6.42 Å². The number of aliphatic hydroxyl groups is 1. The highest BCUT2D eigenvalue weighted by Crippen LogP contribution is 2.29. The standard InChI is InChI=1S/C11H9Br2NOS/c12-7-1-2-10(13)9(3-7)11(15)4-8-5-14-6-16-8/h1-3,5-6,11,15H,4H2. The van der Waals surface area contributed by atoms with Gasteiger partial charge in [-0.05, 0) is 23.8 Å². The lowest BCUT2D eigenvalue weighted by atomic mass is 10.1. The molecule has 1 heterocycles. The van der Waals surface area contributed by atoms with Crippen molar-refractivity contribution in [3.05, 3.63) is 49.3 Å². The summed E-state index contributed by atoms with van der Waals surface area (Å²) in [5, 5.41) is 10.1. The minimum atomic E-state index is -0.507. The second kappa shape index (κ2) is 5.40. The maximum absolute atomic E-state index is 10.1. The lowest BCUT2D eigenvalue weighted by molar-refractivity contribution is 0.178. The van der Waals surface area contributed by atoms with E-state index in [-0.39, 0.29) is 0 Å². The fourth-order valence-electron chi connectivity index (χ4n) is 1.41. The molecule has 0 fully saturated rings. The molecule has 2 rings (SSSR count). The molecule has 0 saturated heterocycles. The Hall–Kier alpha value is -0.230. The first kappa shape index (κ1) is 12.2. The lowest BCUT2D eigenvalue weighted by Crippen LogP contribution is -2.01. The zero-order valence-electron chi connectivity index (χ0n) is 8.23. The largest absolute Gasteiger partial charge is 0.388 e. The average Bonchev–Trinajstić information content (AvgIpc) is 2.74. The molecule has 1 unspecified atom stereocenters. The first-order chi connectivity index (χ1) is 7.66. The van der Waals surface area contributed by atoms with Crippen LogP contribution >= 0.6 is 43.2 Å². The van der Waals surface area contributed by atoms with Crippen LogP contribution in [0.1, 0.15) is 16.5 Å². The van der Waals surface area contributed by atoms with Gasteiger partial charge in [0.25, 0.3) is 0 Å². The van der Waals surface area contributed by atoms with Crippen LogP contribution in [0, 0.1) is 0 Å². The highest BCUT2D eigenvalue weighted by atomic mass is 79.9. The number of halogens is 2. The van der Waals surface area contributed by atoms with Crippen molar-refractivity contribution in [1.82, 2.24) is 4.98 Å². The molecule has 0 spiro atoms. The van der Waals surface area contributed by atoms with Gasteiger partial charge in [-0.2, -0.15) is 0 Å². The van der Waals surface area contributed by atoms with Gasteiger partial charge in [0.2, 0.25) is 0 Å². The molecule has 0 aliphatic rings. The predicted molar refractivity (Wildman–Crippen MR) is 72.6 cm³/mol. The van der Waals surface area contributed by atoms with E-state index in [9.17, 15) is 5.11 Å². The van der Waals surface area contributed by atoms with Crippen LogP contribution in [0.15, 0.2) is 38.9 Å². The van der Waals surface area contributed by atoms with E-state index in [0.717, 1.165) is 19.4 Å². The Bertz CT molecular complexity index is 473. The van der Waals surface area contributed by atoms with Crippen molar-refractivity contribution in [2.75, 3.05) is 0 Å². The second-order valence-electron chi connectivity index (χ2n) is 3.35. The molecule has 1 aromatic carbocycles. The molecule has 0 amide bonds. The van der Waals surface area contributed by atoms with Crippen LogP contribution in [0.2, 0.25) is 0 Å². The number of thiazole rings is 1. The van der Waals surface area contributed by atoms with E-state index in [2.05, 4.69) is 36.8 Å². The summed E-state index contributed by atoms with van der Waals surface area (Å²) in [7, 11) is 0. The summed E-state index contributed by atoms with van der Waals surface area (Å²) in [4.78, 5) is 5.08. The van der Waals surface area contributed by atoms with Gasteiger partial charge in [0.15, 0.2) is 0 Å². The molecule has 2 nitrogen and oxygen atoms in total. The van der Waals surface area contributed by atoms with Crippen molar-refractivity contribution in [1.29, 1.82) is 0 Å². The molecule has 2 aromatic rings. The van der Waals surface area contributed by atoms with E-state index < -0.39 is 6.10 Å². The Morgan fingerprint density at radius 2 is 2.19 bits per heavy atom. The molecular weight excluding hydrogens is 354 g/mol. The van der Waals surface area contributed by atoms with E-state index in [4.69, 9.17) is 0 Å². The summed E-state index contributed by atoms with van der Waals surface area (Å²) < 4.78 is 1.89. The summed E-state index contributed by atoms with van der Waals surface area (Å²) in [6.07, 6.45) is 1.88. The zero-order valence-corrected chi connectivity index (χ0v) is 12.2. The molecule has 0 saturated carbocycles. The highest BCUT2D eigenvalue weighted by Gasteiger charge is 2.13. The maximum Gasteiger partial charge on any atom is 0.0850 e. The molecule has 0 radical (unpaired) electrons. The summed E-state index contributed by atoms with van der Waals surface area (Å²) in [5.74, 6) is 0. The molecule has 5 heteroatoms. The Morgan fingerprint density at radius 1 is 1.38 bits per heavy atom. The number of aliphatic hydroxyl groups excluding tert-OH is 1. The van der Waals surface area contributed by atoms with Gasteiger partial charge in [0.05, 0.1) is 11.6 Å². The number of benzene rings is 1. The molecule has 1 aromatic heterocycles. The monoisotopic (exact) mass is 361 g/mol. The Kier molecular flexibility index (Phi) is 4.13. The van der Waals surface area contributed by atoms with Crippen LogP contribution in [-0.2, 0) is 6.42 Å². The minimum absolute atomic E-state index is 0.507. The Morgan fingerprint density at radius 3 is 2.88 bits per heavy atom. The van der Waals surface area contributed by atoms with Crippen molar-refractivity contribution < 1.29 is 5.11 Å². The Balaban J connectivity index is 2.20. The first-order valence-corrected chi connectivity index (χ1v) is 7.14. The topological polar surface area (TPSA) is 33.1 Å². The quantitative estimate of drug-likeness (QED) is 0.896. The number of rotatable bonds is 3. The number of hydrogen-bond donors (Lipinski definition) is 1. The first-order valence-electron chi connectivity index (χ1n) is 4.67. The van der Waals surface area contributed by atoms with Gasteiger partial charge in [-0.1, -0.05) is 31.9 Å². The number of nitrogens with zero attached hydrogens (tertiary/aromatic N) is 1. The summed E-state index contributed by atoms with van der Waals surface area (Å²) in [5.41, 5.74) is 2.67. The second-order valence-corrected chi connectivity index (χ2v) is 6.09. The van der Waals surface area contributed by atoms with Crippen LogP contribution in [0.25, 0.3) is 0 Å². The lowest BCUT2D eigenvalue weighted by Gasteiger charge is -2.12. The van der Waals surface area contributed by atoms with Gasteiger partial charge in [-0.15, -0.1) is 11.3 Å². The molecule has 1 atom stereocenters. The third-order valence-electron chi connectivity index (χ3n) is 2.20. The van der Waals surface area contributed by atoms with E-state index in [1.165, 1.54) is 0 Å². The van der Waals surface area contributed by atoms with Crippen LogP contribution in [-0.4, -0.2) is 10.1 Å². The Labute approximate surface area is 115 Å². The van der Waals surface area contributed by atoms with Crippen molar-refractivity contribution in [3.63, 3.8) is 0 Å². The summed E-state index contributed by atoms with van der Waals surface area (Å²) in [6.45, 7) is 0. The van der Waals surface area contributed by atoms with Gasteiger partial charge >= 0.3 is 0 Å². The van der Waals surface area contributed by atoms with Crippen LogP contribution in [0.4, 0.5) is 0 Å². The SMILES string of the molecule is OC(Cc1cncs1)c1cc(Br)ccc1Br. The molecule has 0 aliphatic carbocycles. The fraction of sp³-hybridized carbons (Fsp3) is 0.182. The molecular formula is C11H9Br2NOS. The average molecular weight is 363 g/mol. The van der Waals surface area contributed by atoms with Gasteiger partial charge in [0, 0.05) is 26.4 Å². The maximum atomic E-state index is 10.1. The normalized spacial score (nSPS) is 12.7. The summed E-state index contributed by atoms with van der Waals surface area (Å²) >= 11 is 8.40. The van der Waals surface area contributed by atoms with Crippen molar-refractivity contribution >= 4 is 43.2 Å². The van der Waals surface area contributed by atoms with Crippen LogP contribution in [0.5, 0.6) is 0 Å². The number of aromatic nitrogens is 1.